The summed E-state index contributed by atoms with van der Waals surface area (Å²) >= 11 is 0. The van der Waals surface area contributed by atoms with Crippen LogP contribution in [0.5, 0.6) is 0 Å². The first-order valence-corrected chi connectivity index (χ1v) is 7.75. The fraction of sp³-hybridized carbons (Fsp3) is 0.438. The fourth-order valence-corrected chi connectivity index (χ4v) is 2.42. The van der Waals surface area contributed by atoms with Crippen LogP contribution in [-0.2, 0) is 14.4 Å². The van der Waals surface area contributed by atoms with Crippen LogP contribution < -0.4 is 11.1 Å². The first-order chi connectivity index (χ1) is 12.0. The summed E-state index contributed by atoms with van der Waals surface area (Å²) in [4.78, 5) is 34.1. The number of primary amides is 1. The predicted molar refractivity (Wildman–Crippen MR) is 87.1 cm³/mol. The van der Waals surface area contributed by atoms with Gasteiger partial charge in [-0.25, -0.2) is 4.79 Å². The van der Waals surface area contributed by atoms with Crippen molar-refractivity contribution in [2.45, 2.75) is 38.0 Å². The van der Waals surface area contributed by atoms with Crippen molar-refractivity contribution < 1.29 is 32.7 Å². The van der Waals surface area contributed by atoms with Crippen molar-refractivity contribution in [3.05, 3.63) is 30.3 Å². The van der Waals surface area contributed by atoms with Crippen molar-refractivity contribution in [2.24, 2.45) is 5.73 Å². The maximum absolute atomic E-state index is 12.3. The van der Waals surface area contributed by atoms with Gasteiger partial charge >= 0.3 is 12.1 Å². The van der Waals surface area contributed by atoms with Crippen LogP contribution in [0.1, 0.15) is 19.8 Å². The van der Waals surface area contributed by atoms with E-state index >= 15 is 0 Å². The van der Waals surface area contributed by atoms with E-state index in [1.54, 1.807) is 11.8 Å². The number of carboxylic acid groups (broad SMARTS) is 1. The van der Waals surface area contributed by atoms with Gasteiger partial charge in [-0.15, -0.1) is 0 Å². The summed E-state index contributed by atoms with van der Waals surface area (Å²) in [6, 6.07) is 8.71. The molecule has 0 unspecified atom stereocenters. The van der Waals surface area contributed by atoms with E-state index in [1.807, 2.05) is 30.3 Å². The van der Waals surface area contributed by atoms with Crippen molar-refractivity contribution >= 4 is 23.5 Å². The molecule has 2 amide bonds. The molecule has 0 radical (unpaired) electrons. The van der Waals surface area contributed by atoms with E-state index in [9.17, 15) is 22.8 Å². The molecular weight excluding hydrogens is 355 g/mol. The third kappa shape index (κ3) is 6.26. The van der Waals surface area contributed by atoms with Crippen LogP contribution in [0, 0.1) is 0 Å². The second-order valence-electron chi connectivity index (χ2n) is 5.63. The van der Waals surface area contributed by atoms with E-state index < -0.39 is 24.1 Å². The Kier molecular flexibility index (Phi) is 7.41. The lowest BCUT2D eigenvalue weighted by Gasteiger charge is -2.26. The van der Waals surface area contributed by atoms with Gasteiger partial charge in [0, 0.05) is 12.2 Å². The monoisotopic (exact) mass is 375 g/mol. The number of carboxylic acids is 1. The number of carbonyl (C=O) groups excluding carboxylic acids is 2. The average molecular weight is 375 g/mol. The molecule has 1 aliphatic heterocycles. The number of aliphatic carboxylic acids is 1. The fourth-order valence-electron chi connectivity index (χ4n) is 2.42. The van der Waals surface area contributed by atoms with Gasteiger partial charge in [0.25, 0.3) is 0 Å². The number of anilines is 1. The summed E-state index contributed by atoms with van der Waals surface area (Å²) < 4.78 is 31.7. The first-order valence-electron chi connectivity index (χ1n) is 7.75. The summed E-state index contributed by atoms with van der Waals surface area (Å²) in [6.07, 6.45) is -3.59. The minimum atomic E-state index is -5.08. The highest BCUT2D eigenvalue weighted by Gasteiger charge is 2.38. The molecule has 0 bridgehead atoms. The lowest BCUT2D eigenvalue weighted by Crippen LogP contribution is -2.48. The van der Waals surface area contributed by atoms with E-state index in [4.69, 9.17) is 15.6 Å². The highest BCUT2D eigenvalue weighted by molar-refractivity contribution is 5.90. The number of likely N-dealkylation sites (tertiary alicyclic amines) is 1. The summed E-state index contributed by atoms with van der Waals surface area (Å²) in [7, 11) is 0. The molecule has 1 aromatic rings. The minimum Gasteiger partial charge on any atom is -0.475 e. The maximum Gasteiger partial charge on any atom is 0.490 e. The average Bonchev–Trinajstić information content (AvgIpc) is 3.04. The summed E-state index contributed by atoms with van der Waals surface area (Å²) in [5.74, 6) is -3.25. The number of alkyl halides is 3. The molecule has 2 atom stereocenters. The summed E-state index contributed by atoms with van der Waals surface area (Å²) in [6.45, 7) is 2.40. The number of nitrogens with one attached hydrogen (secondary N) is 1. The van der Waals surface area contributed by atoms with Crippen LogP contribution in [0.15, 0.2) is 30.3 Å². The second-order valence-corrected chi connectivity index (χ2v) is 5.63. The molecule has 1 aromatic carbocycles. The predicted octanol–water partition coefficient (Wildman–Crippen LogP) is 1.60. The zero-order valence-corrected chi connectivity index (χ0v) is 14.0. The molecule has 1 aliphatic rings. The first kappa shape index (κ1) is 21.3. The molecular formula is C16H20F3N3O4. The molecule has 7 nitrogen and oxygen atoms in total. The van der Waals surface area contributed by atoms with Crippen LogP contribution in [0.3, 0.4) is 0 Å². The van der Waals surface area contributed by atoms with Crippen molar-refractivity contribution in [3.63, 3.8) is 0 Å². The Hall–Kier alpha value is -2.78. The molecule has 1 saturated heterocycles. The van der Waals surface area contributed by atoms with Crippen LogP contribution >= 0.6 is 0 Å². The summed E-state index contributed by atoms with van der Waals surface area (Å²) in [5.41, 5.74) is 6.21. The SMILES string of the molecule is C[C@H](Nc1ccccc1)C(=O)N1CCC[C@H]1C(N)=O.O=C(O)C(F)(F)F. The van der Waals surface area contributed by atoms with Crippen LogP contribution in [0.25, 0.3) is 0 Å². The van der Waals surface area contributed by atoms with E-state index in [-0.39, 0.29) is 11.9 Å². The molecule has 0 spiro atoms. The number of nitrogens with two attached hydrogens (primary N) is 1. The molecule has 1 fully saturated rings. The Morgan fingerprint density at radius 3 is 2.27 bits per heavy atom. The number of hydrogen-bond donors (Lipinski definition) is 3. The third-order valence-electron chi connectivity index (χ3n) is 3.63. The van der Waals surface area contributed by atoms with Gasteiger partial charge in [-0.3, -0.25) is 9.59 Å². The lowest BCUT2D eigenvalue weighted by atomic mass is 10.2. The number of rotatable bonds is 4. The Morgan fingerprint density at radius 1 is 1.27 bits per heavy atom. The van der Waals surface area contributed by atoms with E-state index in [2.05, 4.69) is 5.32 Å². The van der Waals surface area contributed by atoms with Gasteiger partial charge in [-0.1, -0.05) is 18.2 Å². The second kappa shape index (κ2) is 9.07. The van der Waals surface area contributed by atoms with Gasteiger partial charge in [0.15, 0.2) is 0 Å². The van der Waals surface area contributed by atoms with Gasteiger partial charge in [0.05, 0.1) is 0 Å². The number of nitrogens with zero attached hydrogens (tertiary/aromatic N) is 1. The molecule has 1 heterocycles. The van der Waals surface area contributed by atoms with Crippen molar-refractivity contribution in [3.8, 4) is 0 Å². The quantitative estimate of drug-likeness (QED) is 0.740. The zero-order chi connectivity index (χ0) is 19.9. The molecule has 4 N–H and O–H groups in total. The van der Waals surface area contributed by atoms with Crippen LogP contribution in [-0.4, -0.2) is 52.6 Å². The molecule has 144 valence electrons. The molecule has 0 aliphatic carbocycles. The third-order valence-corrected chi connectivity index (χ3v) is 3.63. The van der Waals surface area contributed by atoms with Gasteiger partial charge in [0.2, 0.25) is 11.8 Å². The number of benzene rings is 1. The Morgan fingerprint density at radius 2 is 1.81 bits per heavy atom. The molecule has 0 aromatic heterocycles. The Balaban J connectivity index is 0.000000412. The van der Waals surface area contributed by atoms with E-state index in [0.29, 0.717) is 13.0 Å². The van der Waals surface area contributed by atoms with Gasteiger partial charge in [-0.05, 0) is 31.9 Å². The highest BCUT2D eigenvalue weighted by atomic mass is 19.4. The Bertz CT molecular complexity index is 637. The number of amides is 2. The number of carbonyl (C=O) groups is 3. The van der Waals surface area contributed by atoms with E-state index in [1.165, 1.54) is 0 Å². The smallest absolute Gasteiger partial charge is 0.475 e. The topological polar surface area (TPSA) is 113 Å². The molecule has 0 saturated carbocycles. The van der Waals surface area contributed by atoms with Crippen molar-refractivity contribution in [1.29, 1.82) is 0 Å². The van der Waals surface area contributed by atoms with Gasteiger partial charge < -0.3 is 21.1 Å². The molecule has 2 rings (SSSR count). The Labute approximate surface area is 148 Å². The van der Waals surface area contributed by atoms with Gasteiger partial charge in [-0.2, -0.15) is 13.2 Å². The van der Waals surface area contributed by atoms with Crippen molar-refractivity contribution in [2.75, 3.05) is 11.9 Å². The minimum absolute atomic E-state index is 0.0786. The number of halogens is 3. The molecule has 10 heteroatoms. The summed E-state index contributed by atoms with van der Waals surface area (Å²) in [5, 5.41) is 10.3. The van der Waals surface area contributed by atoms with Gasteiger partial charge in [0.1, 0.15) is 12.1 Å². The standard InChI is InChI=1S/C14H19N3O2.C2HF3O2/c1-10(16-11-6-3-2-4-7-11)14(19)17-9-5-8-12(17)13(15)18;3-2(4,5)1(6)7/h2-4,6-7,10,12,16H,5,8-9H2,1H3,(H2,15,18);(H,6,7)/t10-,12-;/m0./s1. The van der Waals surface area contributed by atoms with E-state index in [0.717, 1.165) is 12.1 Å². The highest BCUT2D eigenvalue weighted by Crippen LogP contribution is 2.19. The number of hydrogen-bond acceptors (Lipinski definition) is 4. The zero-order valence-electron chi connectivity index (χ0n) is 14.0. The van der Waals surface area contributed by atoms with Crippen LogP contribution in [0.2, 0.25) is 0 Å². The van der Waals surface area contributed by atoms with Crippen molar-refractivity contribution in [1.82, 2.24) is 4.90 Å². The largest absolute Gasteiger partial charge is 0.490 e. The maximum atomic E-state index is 12.3. The lowest BCUT2D eigenvalue weighted by molar-refractivity contribution is -0.192. The molecule has 26 heavy (non-hydrogen) atoms. The number of para-hydroxylation sites is 1. The van der Waals surface area contributed by atoms with Crippen LogP contribution in [0.4, 0.5) is 18.9 Å². The normalized spacial score (nSPS) is 17.7.